The van der Waals surface area contributed by atoms with Crippen molar-refractivity contribution in [2.45, 2.75) is 69.3 Å². The minimum atomic E-state index is -0.193. The van der Waals surface area contributed by atoms with Crippen molar-refractivity contribution in [1.82, 2.24) is 10.2 Å². The first-order valence-electron chi connectivity index (χ1n) is 9.09. The average Bonchev–Trinajstić information content (AvgIpc) is 2.92. The summed E-state index contributed by atoms with van der Waals surface area (Å²) in [5.41, 5.74) is 0. The van der Waals surface area contributed by atoms with E-state index < -0.39 is 0 Å². The molecule has 2 aliphatic carbocycles. The number of hydrogen-bond acceptors (Lipinski definition) is 4. The van der Waals surface area contributed by atoms with Crippen molar-refractivity contribution in [3.8, 4) is 0 Å². The lowest BCUT2D eigenvalue weighted by molar-refractivity contribution is -0.163. The second kappa shape index (κ2) is 6.15. The van der Waals surface area contributed by atoms with Crippen LogP contribution in [0.2, 0.25) is 0 Å². The van der Waals surface area contributed by atoms with E-state index in [4.69, 9.17) is 9.47 Å². The highest BCUT2D eigenvalue weighted by molar-refractivity contribution is 4.88. The van der Waals surface area contributed by atoms with Gasteiger partial charge in [0.15, 0.2) is 5.79 Å². The maximum absolute atomic E-state index is 6.32. The van der Waals surface area contributed by atoms with Gasteiger partial charge in [-0.05, 0) is 51.0 Å². The second-order valence-electron chi connectivity index (χ2n) is 7.62. The van der Waals surface area contributed by atoms with Crippen LogP contribution in [-0.2, 0) is 9.47 Å². The van der Waals surface area contributed by atoms with Crippen LogP contribution in [0, 0.1) is 5.92 Å². The first-order valence-corrected chi connectivity index (χ1v) is 9.09. The number of ether oxygens (including phenoxy) is 2. The van der Waals surface area contributed by atoms with Gasteiger partial charge in [0, 0.05) is 38.5 Å². The third kappa shape index (κ3) is 3.61. The van der Waals surface area contributed by atoms with Gasteiger partial charge in [0.2, 0.25) is 0 Å². The minimum absolute atomic E-state index is 0.193. The maximum Gasteiger partial charge on any atom is 0.168 e. The zero-order valence-electron chi connectivity index (χ0n) is 13.2. The summed E-state index contributed by atoms with van der Waals surface area (Å²) in [5, 5.41) is 3.64. The molecular formula is C17H30N2O2. The Labute approximate surface area is 128 Å². The Hall–Kier alpha value is -0.160. The Morgan fingerprint density at radius 1 is 1.00 bits per heavy atom. The normalized spacial score (nSPS) is 35.3. The lowest BCUT2D eigenvalue weighted by Gasteiger charge is -2.28. The molecule has 1 spiro atoms. The standard InChI is InChI=1S/C17H30N2O2/c1-2-8-17(7-1)20-13-16(21-17)12-19(10-14-5-6-14)11-15-4-3-9-18-15/h14-16,18H,1-13H2. The van der Waals surface area contributed by atoms with Crippen LogP contribution >= 0.6 is 0 Å². The molecule has 1 N–H and O–H groups in total. The summed E-state index contributed by atoms with van der Waals surface area (Å²) in [4.78, 5) is 2.66. The van der Waals surface area contributed by atoms with E-state index >= 15 is 0 Å². The molecule has 0 aromatic carbocycles. The van der Waals surface area contributed by atoms with E-state index in [2.05, 4.69) is 10.2 Å². The van der Waals surface area contributed by atoms with Crippen LogP contribution in [0.25, 0.3) is 0 Å². The summed E-state index contributed by atoms with van der Waals surface area (Å²) in [6.45, 7) is 5.54. The second-order valence-corrected chi connectivity index (χ2v) is 7.62. The Morgan fingerprint density at radius 2 is 1.86 bits per heavy atom. The first-order chi connectivity index (χ1) is 10.3. The molecule has 0 amide bonds. The molecule has 4 fully saturated rings. The van der Waals surface area contributed by atoms with Gasteiger partial charge >= 0.3 is 0 Å². The minimum Gasteiger partial charge on any atom is -0.347 e. The zero-order valence-corrected chi connectivity index (χ0v) is 13.2. The number of rotatable bonds is 6. The highest BCUT2D eigenvalue weighted by atomic mass is 16.7. The first kappa shape index (κ1) is 14.4. The molecule has 2 aliphatic heterocycles. The SMILES string of the molecule is C1CNC(CN(CC2CC2)CC2COC3(CCCC3)O2)C1. The maximum atomic E-state index is 6.32. The largest absolute Gasteiger partial charge is 0.347 e. The summed E-state index contributed by atoms with van der Waals surface area (Å²) in [5.74, 6) is 0.760. The average molecular weight is 294 g/mol. The van der Waals surface area contributed by atoms with Crippen LogP contribution in [0.15, 0.2) is 0 Å². The number of hydrogen-bond donors (Lipinski definition) is 1. The molecule has 4 nitrogen and oxygen atoms in total. The smallest absolute Gasteiger partial charge is 0.168 e. The van der Waals surface area contributed by atoms with E-state index in [-0.39, 0.29) is 5.79 Å². The molecule has 0 aromatic heterocycles. The van der Waals surface area contributed by atoms with Gasteiger partial charge in [-0.2, -0.15) is 0 Å². The molecule has 2 saturated heterocycles. The topological polar surface area (TPSA) is 33.7 Å². The van der Waals surface area contributed by atoms with Crippen molar-refractivity contribution in [3.63, 3.8) is 0 Å². The van der Waals surface area contributed by atoms with Crippen molar-refractivity contribution in [2.24, 2.45) is 5.92 Å². The Bertz CT molecular complexity index is 347. The van der Waals surface area contributed by atoms with Crippen LogP contribution in [0.4, 0.5) is 0 Å². The zero-order chi connectivity index (χ0) is 14.1. The fraction of sp³-hybridized carbons (Fsp3) is 1.00. The van der Waals surface area contributed by atoms with Crippen molar-refractivity contribution >= 4 is 0 Å². The van der Waals surface area contributed by atoms with E-state index in [1.165, 1.54) is 58.2 Å². The number of nitrogens with one attached hydrogen (secondary N) is 1. The molecule has 0 bridgehead atoms. The van der Waals surface area contributed by atoms with Crippen LogP contribution < -0.4 is 5.32 Å². The van der Waals surface area contributed by atoms with Gasteiger partial charge in [0.05, 0.1) is 12.7 Å². The highest BCUT2D eigenvalue weighted by Crippen LogP contribution is 2.39. The molecule has 21 heavy (non-hydrogen) atoms. The fourth-order valence-corrected chi connectivity index (χ4v) is 4.28. The van der Waals surface area contributed by atoms with Crippen LogP contribution in [0.5, 0.6) is 0 Å². The van der Waals surface area contributed by atoms with E-state index in [9.17, 15) is 0 Å². The summed E-state index contributed by atoms with van der Waals surface area (Å²) < 4.78 is 12.4. The Balaban J connectivity index is 1.30. The molecule has 4 aliphatic rings. The molecular weight excluding hydrogens is 264 g/mol. The Kier molecular flexibility index (Phi) is 4.23. The molecule has 2 atom stereocenters. The lowest BCUT2D eigenvalue weighted by atomic mass is 10.2. The molecule has 4 heteroatoms. The van der Waals surface area contributed by atoms with Gasteiger partial charge in [0.1, 0.15) is 0 Å². The summed E-state index contributed by atoms with van der Waals surface area (Å²) in [6.07, 6.45) is 10.6. The van der Waals surface area contributed by atoms with Crippen LogP contribution in [0.3, 0.4) is 0 Å². The van der Waals surface area contributed by atoms with Crippen LogP contribution in [0.1, 0.15) is 51.4 Å². The molecule has 0 radical (unpaired) electrons. The van der Waals surface area contributed by atoms with E-state index in [1.807, 2.05) is 0 Å². The van der Waals surface area contributed by atoms with Crippen LogP contribution in [-0.4, -0.2) is 55.6 Å². The van der Waals surface area contributed by atoms with Gasteiger partial charge in [-0.1, -0.05) is 0 Å². The molecule has 2 heterocycles. The summed E-state index contributed by atoms with van der Waals surface area (Å²) in [7, 11) is 0. The summed E-state index contributed by atoms with van der Waals surface area (Å²) in [6, 6.07) is 0.700. The van der Waals surface area contributed by atoms with E-state index in [1.54, 1.807) is 0 Å². The van der Waals surface area contributed by atoms with Gasteiger partial charge < -0.3 is 14.8 Å². The fourth-order valence-electron chi connectivity index (χ4n) is 4.28. The Morgan fingerprint density at radius 3 is 2.57 bits per heavy atom. The van der Waals surface area contributed by atoms with Crippen molar-refractivity contribution in [2.75, 3.05) is 32.8 Å². The lowest BCUT2D eigenvalue weighted by Crippen LogP contribution is -2.43. The molecule has 0 aromatic rings. The van der Waals surface area contributed by atoms with Gasteiger partial charge in [0.25, 0.3) is 0 Å². The third-order valence-corrected chi connectivity index (χ3v) is 5.60. The van der Waals surface area contributed by atoms with Crippen molar-refractivity contribution in [3.05, 3.63) is 0 Å². The predicted molar refractivity (Wildman–Crippen MR) is 82.2 cm³/mol. The molecule has 2 saturated carbocycles. The van der Waals surface area contributed by atoms with Gasteiger partial charge in [-0.3, -0.25) is 4.90 Å². The number of nitrogens with zero attached hydrogens (tertiary/aromatic N) is 1. The molecule has 120 valence electrons. The van der Waals surface area contributed by atoms with Crippen molar-refractivity contribution in [1.29, 1.82) is 0 Å². The van der Waals surface area contributed by atoms with Gasteiger partial charge in [-0.15, -0.1) is 0 Å². The predicted octanol–water partition coefficient (Wildman–Crippen LogP) is 2.14. The summed E-state index contributed by atoms with van der Waals surface area (Å²) >= 11 is 0. The van der Waals surface area contributed by atoms with Crippen molar-refractivity contribution < 1.29 is 9.47 Å². The van der Waals surface area contributed by atoms with E-state index in [0.717, 1.165) is 31.9 Å². The van der Waals surface area contributed by atoms with Gasteiger partial charge in [-0.25, -0.2) is 0 Å². The molecule has 2 unspecified atom stereocenters. The highest BCUT2D eigenvalue weighted by Gasteiger charge is 2.44. The third-order valence-electron chi connectivity index (χ3n) is 5.60. The monoisotopic (exact) mass is 294 g/mol. The molecule has 4 rings (SSSR count). The van der Waals surface area contributed by atoms with E-state index in [0.29, 0.717) is 12.1 Å². The quantitative estimate of drug-likeness (QED) is 0.814.